The minimum absolute atomic E-state index is 0.189. The van der Waals surface area contributed by atoms with Gasteiger partial charge in [-0.25, -0.2) is 4.39 Å². The van der Waals surface area contributed by atoms with Crippen molar-refractivity contribution in [2.45, 2.75) is 19.3 Å². The fourth-order valence-corrected chi connectivity index (χ4v) is 1.27. The molecule has 2 heteroatoms. The highest BCUT2D eigenvalue weighted by atomic mass is 19.1. The molecule has 0 fully saturated rings. The molecule has 1 atom stereocenters. The summed E-state index contributed by atoms with van der Waals surface area (Å²) in [5.74, 6) is 0.177. The highest BCUT2D eigenvalue weighted by molar-refractivity contribution is 5.20. The fraction of sp³-hybridized carbons (Fsp3) is 0.400. The Morgan fingerprint density at radius 1 is 1.33 bits per heavy atom. The van der Waals surface area contributed by atoms with Gasteiger partial charge >= 0.3 is 0 Å². The lowest BCUT2D eigenvalue weighted by molar-refractivity contribution is 0.622. The lowest BCUT2D eigenvalue weighted by Crippen LogP contribution is -2.11. The summed E-state index contributed by atoms with van der Waals surface area (Å²) in [6.07, 6.45) is 1.00. The Hall–Kier alpha value is -0.890. The molecule has 1 nitrogen and oxygen atoms in total. The van der Waals surface area contributed by atoms with Crippen LogP contribution in [0.1, 0.15) is 24.8 Å². The molecule has 0 unspecified atom stereocenters. The van der Waals surface area contributed by atoms with Crippen molar-refractivity contribution in [2.75, 3.05) is 6.54 Å². The molecule has 1 aromatic rings. The summed E-state index contributed by atoms with van der Waals surface area (Å²) in [4.78, 5) is 0. The van der Waals surface area contributed by atoms with Crippen molar-refractivity contribution in [3.8, 4) is 0 Å². The predicted octanol–water partition coefficient (Wildman–Crippen LogP) is 2.28. The van der Waals surface area contributed by atoms with Gasteiger partial charge in [0.2, 0.25) is 0 Å². The van der Waals surface area contributed by atoms with Crippen molar-refractivity contribution in [3.05, 3.63) is 35.6 Å². The number of hydrogen-bond acceptors (Lipinski definition) is 1. The number of nitrogens with two attached hydrogens (primary N) is 1. The van der Waals surface area contributed by atoms with Crippen LogP contribution >= 0.6 is 0 Å². The van der Waals surface area contributed by atoms with Gasteiger partial charge in [0, 0.05) is 0 Å². The zero-order chi connectivity index (χ0) is 8.97. The minimum atomic E-state index is -0.189. The van der Waals surface area contributed by atoms with Crippen molar-refractivity contribution in [2.24, 2.45) is 5.73 Å². The van der Waals surface area contributed by atoms with Gasteiger partial charge < -0.3 is 5.73 Å². The maximum Gasteiger partial charge on any atom is 0.123 e. The Bertz CT molecular complexity index is 226. The Morgan fingerprint density at radius 2 is 1.92 bits per heavy atom. The molecule has 0 amide bonds. The first-order valence-corrected chi connectivity index (χ1v) is 4.23. The van der Waals surface area contributed by atoms with E-state index in [0.717, 1.165) is 12.0 Å². The van der Waals surface area contributed by atoms with Gasteiger partial charge in [-0.1, -0.05) is 19.1 Å². The summed E-state index contributed by atoms with van der Waals surface area (Å²) >= 11 is 0. The molecule has 0 heterocycles. The zero-order valence-corrected chi connectivity index (χ0v) is 7.26. The molecular formula is C10H14FN. The van der Waals surface area contributed by atoms with E-state index in [4.69, 9.17) is 5.73 Å². The Balaban J connectivity index is 2.80. The van der Waals surface area contributed by atoms with Gasteiger partial charge in [-0.2, -0.15) is 0 Å². The van der Waals surface area contributed by atoms with E-state index in [9.17, 15) is 4.39 Å². The standard InChI is InChI=1S/C10H14FN/c1-2-8(7-12)9-3-5-10(11)6-4-9/h3-6,8H,2,7,12H2,1H3/t8-/m0/s1. The maximum atomic E-state index is 12.5. The quantitative estimate of drug-likeness (QED) is 0.734. The van der Waals surface area contributed by atoms with Crippen LogP contribution in [-0.2, 0) is 0 Å². The third-order valence-corrected chi connectivity index (χ3v) is 2.12. The molecule has 0 spiro atoms. The van der Waals surface area contributed by atoms with Crippen LogP contribution in [0.2, 0.25) is 0 Å². The molecule has 12 heavy (non-hydrogen) atoms. The SMILES string of the molecule is CC[C@@H](CN)c1ccc(F)cc1. The van der Waals surface area contributed by atoms with Crippen LogP contribution in [0.3, 0.4) is 0 Å². The molecule has 2 N–H and O–H groups in total. The lowest BCUT2D eigenvalue weighted by atomic mass is 9.97. The summed E-state index contributed by atoms with van der Waals surface area (Å²) in [5, 5.41) is 0. The second kappa shape index (κ2) is 4.21. The topological polar surface area (TPSA) is 26.0 Å². The monoisotopic (exact) mass is 167 g/mol. The van der Waals surface area contributed by atoms with Gasteiger partial charge in [-0.05, 0) is 36.6 Å². The van der Waals surface area contributed by atoms with Crippen molar-refractivity contribution < 1.29 is 4.39 Å². The van der Waals surface area contributed by atoms with E-state index < -0.39 is 0 Å². The molecule has 0 aromatic heterocycles. The van der Waals surface area contributed by atoms with Crippen LogP contribution in [0.5, 0.6) is 0 Å². The average molecular weight is 167 g/mol. The summed E-state index contributed by atoms with van der Waals surface area (Å²) in [6.45, 7) is 2.71. The van der Waals surface area contributed by atoms with E-state index >= 15 is 0 Å². The predicted molar refractivity (Wildman–Crippen MR) is 48.5 cm³/mol. The average Bonchev–Trinajstić information content (AvgIpc) is 2.10. The summed E-state index contributed by atoms with van der Waals surface area (Å²) in [7, 11) is 0. The van der Waals surface area contributed by atoms with E-state index in [1.165, 1.54) is 12.1 Å². The van der Waals surface area contributed by atoms with Crippen molar-refractivity contribution in [1.82, 2.24) is 0 Å². The van der Waals surface area contributed by atoms with Crippen molar-refractivity contribution in [1.29, 1.82) is 0 Å². The molecular weight excluding hydrogens is 153 g/mol. The van der Waals surface area contributed by atoms with Crippen LogP contribution in [-0.4, -0.2) is 6.54 Å². The maximum absolute atomic E-state index is 12.5. The molecule has 0 radical (unpaired) electrons. The molecule has 0 aliphatic rings. The third kappa shape index (κ3) is 2.05. The number of halogens is 1. The lowest BCUT2D eigenvalue weighted by Gasteiger charge is -2.11. The summed E-state index contributed by atoms with van der Waals surface area (Å²) in [5.41, 5.74) is 6.69. The molecule has 0 saturated carbocycles. The molecule has 1 rings (SSSR count). The first-order valence-electron chi connectivity index (χ1n) is 4.23. The Labute approximate surface area is 72.4 Å². The van der Waals surface area contributed by atoms with Crippen LogP contribution < -0.4 is 5.73 Å². The third-order valence-electron chi connectivity index (χ3n) is 2.12. The van der Waals surface area contributed by atoms with Crippen molar-refractivity contribution >= 4 is 0 Å². The normalized spacial score (nSPS) is 12.9. The van der Waals surface area contributed by atoms with Gasteiger partial charge in [-0.15, -0.1) is 0 Å². The minimum Gasteiger partial charge on any atom is -0.330 e. The molecule has 66 valence electrons. The molecule has 0 saturated heterocycles. The van der Waals surface area contributed by atoms with E-state index in [1.807, 2.05) is 0 Å². The van der Waals surface area contributed by atoms with Crippen LogP contribution in [0.25, 0.3) is 0 Å². The van der Waals surface area contributed by atoms with E-state index in [2.05, 4.69) is 6.92 Å². The van der Waals surface area contributed by atoms with Gasteiger partial charge in [-0.3, -0.25) is 0 Å². The molecule has 0 bridgehead atoms. The summed E-state index contributed by atoms with van der Waals surface area (Å²) < 4.78 is 12.5. The van der Waals surface area contributed by atoms with Gasteiger partial charge in [0.1, 0.15) is 5.82 Å². The smallest absolute Gasteiger partial charge is 0.123 e. The molecule has 0 aliphatic carbocycles. The molecule has 0 aliphatic heterocycles. The first-order chi connectivity index (χ1) is 5.77. The second-order valence-corrected chi connectivity index (χ2v) is 2.89. The highest BCUT2D eigenvalue weighted by Crippen LogP contribution is 2.17. The Morgan fingerprint density at radius 3 is 2.33 bits per heavy atom. The highest BCUT2D eigenvalue weighted by Gasteiger charge is 2.05. The number of hydrogen-bond donors (Lipinski definition) is 1. The van der Waals surface area contributed by atoms with Crippen molar-refractivity contribution in [3.63, 3.8) is 0 Å². The van der Waals surface area contributed by atoms with E-state index in [1.54, 1.807) is 12.1 Å². The van der Waals surface area contributed by atoms with Gasteiger partial charge in [0.05, 0.1) is 0 Å². The zero-order valence-electron chi connectivity index (χ0n) is 7.26. The summed E-state index contributed by atoms with van der Waals surface area (Å²) in [6, 6.07) is 6.56. The van der Waals surface area contributed by atoms with E-state index in [0.29, 0.717) is 12.5 Å². The molecule has 1 aromatic carbocycles. The van der Waals surface area contributed by atoms with Crippen LogP contribution in [0.15, 0.2) is 24.3 Å². The number of benzene rings is 1. The number of rotatable bonds is 3. The largest absolute Gasteiger partial charge is 0.330 e. The second-order valence-electron chi connectivity index (χ2n) is 2.89. The van der Waals surface area contributed by atoms with Crippen LogP contribution in [0.4, 0.5) is 4.39 Å². The van der Waals surface area contributed by atoms with Gasteiger partial charge in [0.15, 0.2) is 0 Å². The first kappa shape index (κ1) is 9.20. The van der Waals surface area contributed by atoms with Crippen LogP contribution in [0, 0.1) is 5.82 Å². The Kier molecular flexibility index (Phi) is 3.23. The fourth-order valence-electron chi connectivity index (χ4n) is 1.27. The van der Waals surface area contributed by atoms with E-state index in [-0.39, 0.29) is 5.82 Å². The van der Waals surface area contributed by atoms with Gasteiger partial charge in [0.25, 0.3) is 0 Å².